The minimum absolute atomic E-state index is 0.0196. The Morgan fingerprint density at radius 2 is 1.33 bits per heavy atom. The van der Waals surface area contributed by atoms with Crippen LogP contribution in [0.3, 0.4) is 0 Å². The molecular formula is C29H23F6NO3. The summed E-state index contributed by atoms with van der Waals surface area (Å²) in [5.41, 5.74) is -2.24. The van der Waals surface area contributed by atoms with E-state index in [1.165, 1.54) is 4.90 Å². The predicted octanol–water partition coefficient (Wildman–Crippen LogP) is 7.03. The Hall–Kier alpha value is -3.66. The summed E-state index contributed by atoms with van der Waals surface area (Å²) in [5, 5.41) is 0. The number of nitrogens with zero attached hydrogens (tertiary/aromatic N) is 1. The summed E-state index contributed by atoms with van der Waals surface area (Å²) in [6.45, 7) is -0.493. The van der Waals surface area contributed by atoms with Gasteiger partial charge in [0.1, 0.15) is 0 Å². The van der Waals surface area contributed by atoms with E-state index in [1.54, 1.807) is 24.3 Å². The highest BCUT2D eigenvalue weighted by Crippen LogP contribution is 2.45. The monoisotopic (exact) mass is 547 g/mol. The molecule has 3 aromatic rings. The number of carbonyl (C=O) groups is 2. The molecule has 1 aliphatic heterocycles. The minimum atomic E-state index is -4.95. The second kappa shape index (κ2) is 9.82. The summed E-state index contributed by atoms with van der Waals surface area (Å²) in [6.07, 6.45) is -8.57. The Kier molecular flexibility index (Phi) is 6.78. The van der Waals surface area contributed by atoms with Gasteiger partial charge in [-0.25, -0.2) is 0 Å². The van der Waals surface area contributed by atoms with Gasteiger partial charge in [0.2, 0.25) is 0 Å². The molecule has 3 aromatic carbocycles. The second-order valence-corrected chi connectivity index (χ2v) is 9.98. The lowest BCUT2D eigenvalue weighted by molar-refractivity contribution is -0.143. The summed E-state index contributed by atoms with van der Waals surface area (Å²) in [6, 6.07) is 16.7. The molecule has 204 valence electrons. The summed E-state index contributed by atoms with van der Waals surface area (Å²) in [7, 11) is 0. The summed E-state index contributed by atoms with van der Waals surface area (Å²) in [4.78, 5) is 27.4. The van der Waals surface area contributed by atoms with Gasteiger partial charge in [-0.3, -0.25) is 14.5 Å². The van der Waals surface area contributed by atoms with Crippen molar-refractivity contribution in [2.75, 3.05) is 6.61 Å². The van der Waals surface area contributed by atoms with Crippen molar-refractivity contribution in [3.05, 3.63) is 106 Å². The molecule has 0 radical (unpaired) electrons. The molecule has 2 unspecified atom stereocenters. The first-order valence-corrected chi connectivity index (χ1v) is 12.3. The van der Waals surface area contributed by atoms with Gasteiger partial charge in [0.25, 0.3) is 11.8 Å². The fourth-order valence-corrected chi connectivity index (χ4v) is 5.59. The van der Waals surface area contributed by atoms with Crippen LogP contribution in [0.2, 0.25) is 0 Å². The van der Waals surface area contributed by atoms with E-state index in [4.69, 9.17) is 4.74 Å². The number of hydrogen-bond acceptors (Lipinski definition) is 3. The molecule has 4 nitrogen and oxygen atoms in total. The van der Waals surface area contributed by atoms with Gasteiger partial charge in [-0.15, -0.1) is 0 Å². The molecule has 2 aliphatic rings. The zero-order valence-electron chi connectivity index (χ0n) is 20.5. The van der Waals surface area contributed by atoms with Crippen LogP contribution in [0.4, 0.5) is 26.3 Å². The topological polar surface area (TPSA) is 46.6 Å². The quantitative estimate of drug-likeness (QED) is 0.246. The van der Waals surface area contributed by atoms with Gasteiger partial charge in [-0.1, -0.05) is 42.5 Å². The van der Waals surface area contributed by atoms with Crippen molar-refractivity contribution < 1.29 is 40.7 Å². The predicted molar refractivity (Wildman–Crippen MR) is 129 cm³/mol. The molecule has 0 aromatic heterocycles. The number of rotatable bonds is 6. The van der Waals surface area contributed by atoms with Crippen molar-refractivity contribution in [3.8, 4) is 0 Å². The molecule has 1 fully saturated rings. The third-order valence-electron chi connectivity index (χ3n) is 7.45. The standard InChI is InChI=1S/C29H23F6NO3/c30-28(31,32)20-12-18(13-21(14-20)29(33,34)35)16-39-17-27(19-6-2-1-3-7-19)11-10-22(15-27)36-25(37)23-8-4-5-9-24(23)26(36)38/h1-9,12-14,22H,10-11,15-17H2. The van der Waals surface area contributed by atoms with E-state index in [2.05, 4.69) is 0 Å². The van der Waals surface area contributed by atoms with E-state index in [1.807, 2.05) is 30.3 Å². The second-order valence-electron chi connectivity index (χ2n) is 9.98. The van der Waals surface area contributed by atoms with Crippen LogP contribution in [0, 0.1) is 0 Å². The van der Waals surface area contributed by atoms with Crippen LogP contribution in [-0.2, 0) is 29.1 Å². The highest BCUT2D eigenvalue weighted by Gasteiger charge is 2.48. The molecule has 2 amide bonds. The van der Waals surface area contributed by atoms with Crippen molar-refractivity contribution in [1.82, 2.24) is 4.90 Å². The van der Waals surface area contributed by atoms with E-state index < -0.39 is 41.5 Å². The number of fused-ring (bicyclic) bond motifs is 1. The average molecular weight is 547 g/mol. The molecule has 0 saturated heterocycles. The zero-order chi connectivity index (χ0) is 28.0. The Morgan fingerprint density at radius 3 is 1.87 bits per heavy atom. The maximum absolute atomic E-state index is 13.3. The Balaban J connectivity index is 1.38. The normalized spacial score (nSPS) is 21.5. The SMILES string of the molecule is O=C1c2ccccc2C(=O)N1C1CCC(COCc2cc(C(F)(F)F)cc(C(F)(F)F)c2)(c2ccccc2)C1. The van der Waals surface area contributed by atoms with Crippen molar-refractivity contribution >= 4 is 11.8 Å². The van der Waals surface area contributed by atoms with Gasteiger partial charge >= 0.3 is 12.4 Å². The van der Waals surface area contributed by atoms with Crippen LogP contribution in [0.15, 0.2) is 72.8 Å². The summed E-state index contributed by atoms with van der Waals surface area (Å²) in [5.74, 6) is -0.761. The Morgan fingerprint density at radius 1 is 0.795 bits per heavy atom. The minimum Gasteiger partial charge on any atom is -0.376 e. The maximum atomic E-state index is 13.3. The molecular weight excluding hydrogens is 524 g/mol. The third-order valence-corrected chi connectivity index (χ3v) is 7.45. The fraction of sp³-hybridized carbons (Fsp3) is 0.310. The van der Waals surface area contributed by atoms with Crippen molar-refractivity contribution in [1.29, 1.82) is 0 Å². The van der Waals surface area contributed by atoms with Crippen molar-refractivity contribution in [2.24, 2.45) is 0 Å². The number of alkyl halides is 6. The zero-order valence-corrected chi connectivity index (χ0v) is 20.5. The largest absolute Gasteiger partial charge is 0.416 e. The van der Waals surface area contributed by atoms with Gasteiger partial charge in [0, 0.05) is 11.5 Å². The molecule has 0 bridgehead atoms. The molecule has 0 N–H and O–H groups in total. The van der Waals surface area contributed by atoms with Crippen LogP contribution in [0.1, 0.15) is 62.2 Å². The molecule has 5 rings (SSSR count). The number of hydrogen-bond donors (Lipinski definition) is 0. The molecule has 1 saturated carbocycles. The summed E-state index contributed by atoms with van der Waals surface area (Å²) >= 11 is 0. The van der Waals surface area contributed by atoms with E-state index in [0.29, 0.717) is 42.5 Å². The Bertz CT molecular complexity index is 1330. The fourth-order valence-electron chi connectivity index (χ4n) is 5.59. The number of amides is 2. The van der Waals surface area contributed by atoms with Crippen LogP contribution in [0.5, 0.6) is 0 Å². The first kappa shape index (κ1) is 26.9. The molecule has 0 spiro atoms. The molecule has 1 heterocycles. The van der Waals surface area contributed by atoms with Gasteiger partial charge in [-0.05, 0) is 60.7 Å². The van der Waals surface area contributed by atoms with Crippen molar-refractivity contribution in [3.63, 3.8) is 0 Å². The Labute approximate surface area is 220 Å². The maximum Gasteiger partial charge on any atom is 0.416 e. The van der Waals surface area contributed by atoms with Crippen molar-refractivity contribution in [2.45, 2.75) is 49.7 Å². The smallest absolute Gasteiger partial charge is 0.376 e. The van der Waals surface area contributed by atoms with Gasteiger partial charge in [-0.2, -0.15) is 26.3 Å². The van der Waals surface area contributed by atoms with E-state index >= 15 is 0 Å². The first-order chi connectivity index (χ1) is 18.4. The molecule has 10 heteroatoms. The van der Waals surface area contributed by atoms with Crippen LogP contribution in [-0.4, -0.2) is 29.4 Å². The number of ether oxygens (including phenoxy) is 1. The van der Waals surface area contributed by atoms with E-state index in [9.17, 15) is 35.9 Å². The van der Waals surface area contributed by atoms with Crippen LogP contribution in [0.25, 0.3) is 0 Å². The first-order valence-electron chi connectivity index (χ1n) is 12.3. The van der Waals surface area contributed by atoms with Crippen LogP contribution >= 0.6 is 0 Å². The van der Waals surface area contributed by atoms with Gasteiger partial charge in [0.05, 0.1) is 35.5 Å². The number of carbonyl (C=O) groups excluding carboxylic acids is 2. The molecule has 39 heavy (non-hydrogen) atoms. The number of benzene rings is 3. The van der Waals surface area contributed by atoms with Gasteiger partial charge < -0.3 is 4.74 Å². The lowest BCUT2D eigenvalue weighted by atomic mass is 9.79. The highest BCUT2D eigenvalue weighted by atomic mass is 19.4. The molecule has 1 aliphatic carbocycles. The molecule has 2 atom stereocenters. The van der Waals surface area contributed by atoms with Gasteiger partial charge in [0.15, 0.2) is 0 Å². The number of halogens is 6. The summed E-state index contributed by atoms with van der Waals surface area (Å²) < 4.78 is 85.4. The van der Waals surface area contributed by atoms with E-state index in [0.717, 1.165) is 5.56 Å². The highest BCUT2D eigenvalue weighted by molar-refractivity contribution is 6.21. The lowest BCUT2D eigenvalue weighted by Gasteiger charge is -2.31. The third kappa shape index (κ3) is 5.17. The van der Waals surface area contributed by atoms with E-state index in [-0.39, 0.29) is 30.1 Å². The van der Waals surface area contributed by atoms with Crippen LogP contribution < -0.4 is 0 Å². The average Bonchev–Trinajstić information content (AvgIpc) is 3.43. The number of imide groups is 1. The lowest BCUT2D eigenvalue weighted by Crippen LogP contribution is -2.40.